The number of aliphatic hydroxyl groups excluding tert-OH is 1. The highest BCUT2D eigenvalue weighted by atomic mass is 35.5. The van der Waals surface area contributed by atoms with Crippen molar-refractivity contribution in [2.24, 2.45) is 5.92 Å². The average molecular weight is 286 g/mol. The molecule has 1 aliphatic heterocycles. The molecule has 1 aromatic rings. The third-order valence-corrected chi connectivity index (χ3v) is 3.87. The zero-order valence-corrected chi connectivity index (χ0v) is 11.4. The second kappa shape index (κ2) is 6.35. The summed E-state index contributed by atoms with van der Waals surface area (Å²) in [6, 6.07) is 4.41. The van der Waals surface area contributed by atoms with E-state index in [1.807, 2.05) is 0 Å². The van der Waals surface area contributed by atoms with Crippen molar-refractivity contribution in [2.45, 2.75) is 19.3 Å². The molecule has 2 rings (SSSR count). The summed E-state index contributed by atoms with van der Waals surface area (Å²) in [5.41, 5.74) is 0.250. The Balaban J connectivity index is 2.04. The molecule has 3 nitrogen and oxygen atoms in total. The normalized spacial score (nSPS) is 19.5. The number of carbonyl (C=O) groups excluding carboxylic acids is 1. The zero-order valence-electron chi connectivity index (χ0n) is 10.6. The molecule has 104 valence electrons. The minimum absolute atomic E-state index is 0.0242. The third kappa shape index (κ3) is 3.45. The molecule has 19 heavy (non-hydrogen) atoms. The van der Waals surface area contributed by atoms with Gasteiger partial charge < -0.3 is 10.0 Å². The topological polar surface area (TPSA) is 40.5 Å². The van der Waals surface area contributed by atoms with Crippen LogP contribution in [0.2, 0.25) is 5.02 Å². The van der Waals surface area contributed by atoms with Gasteiger partial charge in [-0.15, -0.1) is 0 Å². The number of piperidine rings is 1. The molecule has 1 amide bonds. The molecule has 1 aliphatic rings. The second-order valence-electron chi connectivity index (χ2n) is 4.91. The number of amides is 1. The van der Waals surface area contributed by atoms with Crippen molar-refractivity contribution in [3.8, 4) is 0 Å². The van der Waals surface area contributed by atoms with Gasteiger partial charge in [0.2, 0.25) is 5.91 Å². The number of likely N-dealkylation sites (tertiary alicyclic amines) is 1. The van der Waals surface area contributed by atoms with E-state index >= 15 is 0 Å². The van der Waals surface area contributed by atoms with Gasteiger partial charge in [0.25, 0.3) is 0 Å². The van der Waals surface area contributed by atoms with E-state index in [1.54, 1.807) is 11.0 Å². The number of hydrogen-bond acceptors (Lipinski definition) is 2. The molecule has 1 heterocycles. The number of halogens is 2. The fourth-order valence-corrected chi connectivity index (χ4v) is 2.63. The van der Waals surface area contributed by atoms with Gasteiger partial charge in [0, 0.05) is 30.3 Å². The van der Waals surface area contributed by atoms with Crippen LogP contribution in [0.4, 0.5) is 4.39 Å². The summed E-state index contributed by atoms with van der Waals surface area (Å²) >= 11 is 5.92. The van der Waals surface area contributed by atoms with Crippen molar-refractivity contribution in [1.29, 1.82) is 0 Å². The van der Waals surface area contributed by atoms with Gasteiger partial charge in [-0.3, -0.25) is 4.79 Å². The Morgan fingerprint density at radius 3 is 3.00 bits per heavy atom. The minimum Gasteiger partial charge on any atom is -0.396 e. The molecule has 0 radical (unpaired) electrons. The monoisotopic (exact) mass is 285 g/mol. The predicted molar refractivity (Wildman–Crippen MR) is 71.5 cm³/mol. The van der Waals surface area contributed by atoms with Crippen LogP contribution in [-0.4, -0.2) is 35.6 Å². The van der Waals surface area contributed by atoms with Gasteiger partial charge >= 0.3 is 0 Å². The van der Waals surface area contributed by atoms with Crippen LogP contribution in [-0.2, 0) is 11.2 Å². The molecule has 0 bridgehead atoms. The highest BCUT2D eigenvalue weighted by molar-refractivity contribution is 6.31. The predicted octanol–water partition coefficient (Wildman–Crippen LogP) is 2.25. The molecule has 1 saturated heterocycles. The highest BCUT2D eigenvalue weighted by Gasteiger charge is 2.24. The van der Waals surface area contributed by atoms with E-state index in [0.717, 1.165) is 12.8 Å². The molecule has 1 aromatic carbocycles. The smallest absolute Gasteiger partial charge is 0.227 e. The molecule has 1 unspecified atom stereocenters. The third-order valence-electron chi connectivity index (χ3n) is 3.52. The fourth-order valence-electron chi connectivity index (χ4n) is 2.40. The summed E-state index contributed by atoms with van der Waals surface area (Å²) in [4.78, 5) is 13.8. The molecule has 0 aliphatic carbocycles. The number of rotatable bonds is 3. The molecular weight excluding hydrogens is 269 g/mol. The Labute approximate surface area is 117 Å². The largest absolute Gasteiger partial charge is 0.396 e. The number of aliphatic hydroxyl groups is 1. The first-order chi connectivity index (χ1) is 9.11. The van der Waals surface area contributed by atoms with E-state index in [9.17, 15) is 9.18 Å². The quantitative estimate of drug-likeness (QED) is 0.925. The van der Waals surface area contributed by atoms with Gasteiger partial charge in [0.1, 0.15) is 5.82 Å². The van der Waals surface area contributed by atoms with Gasteiger partial charge in [-0.1, -0.05) is 17.7 Å². The Bertz CT molecular complexity index is 447. The summed E-state index contributed by atoms with van der Waals surface area (Å²) in [6.07, 6.45) is 1.78. The van der Waals surface area contributed by atoms with Crippen LogP contribution in [0.25, 0.3) is 0 Å². The maximum absolute atomic E-state index is 13.6. The molecule has 0 spiro atoms. The van der Waals surface area contributed by atoms with Gasteiger partial charge in [0.15, 0.2) is 0 Å². The maximum atomic E-state index is 13.6. The van der Waals surface area contributed by atoms with Crippen LogP contribution >= 0.6 is 11.6 Å². The van der Waals surface area contributed by atoms with Crippen LogP contribution in [0, 0.1) is 11.7 Å². The first kappa shape index (κ1) is 14.3. The average Bonchev–Trinajstić information content (AvgIpc) is 2.43. The summed E-state index contributed by atoms with van der Waals surface area (Å²) in [7, 11) is 0. The molecule has 1 atom stereocenters. The highest BCUT2D eigenvalue weighted by Crippen LogP contribution is 2.22. The first-order valence-electron chi connectivity index (χ1n) is 6.43. The lowest BCUT2D eigenvalue weighted by molar-refractivity contribution is -0.132. The minimum atomic E-state index is -0.448. The van der Waals surface area contributed by atoms with Gasteiger partial charge in [-0.2, -0.15) is 0 Å². The number of hydrogen-bond donors (Lipinski definition) is 1. The van der Waals surface area contributed by atoms with Gasteiger partial charge in [-0.25, -0.2) is 4.39 Å². The Morgan fingerprint density at radius 2 is 2.32 bits per heavy atom. The maximum Gasteiger partial charge on any atom is 0.227 e. The molecule has 0 aromatic heterocycles. The first-order valence-corrected chi connectivity index (χ1v) is 6.81. The Hall–Kier alpha value is -1.13. The van der Waals surface area contributed by atoms with Crippen molar-refractivity contribution < 1.29 is 14.3 Å². The zero-order chi connectivity index (χ0) is 13.8. The van der Waals surface area contributed by atoms with Crippen molar-refractivity contribution in [3.63, 3.8) is 0 Å². The van der Waals surface area contributed by atoms with Gasteiger partial charge in [-0.05, 0) is 30.9 Å². The summed E-state index contributed by atoms with van der Waals surface area (Å²) in [5, 5.41) is 9.43. The number of carbonyl (C=O) groups is 1. The van der Waals surface area contributed by atoms with Crippen molar-refractivity contribution >= 4 is 17.5 Å². The molecular formula is C14H17ClFNO2. The molecule has 1 N–H and O–H groups in total. The van der Waals surface area contributed by atoms with Crippen molar-refractivity contribution in [1.82, 2.24) is 4.90 Å². The van der Waals surface area contributed by atoms with Crippen LogP contribution in [0.15, 0.2) is 18.2 Å². The summed E-state index contributed by atoms with van der Waals surface area (Å²) in [6.45, 7) is 1.30. The van der Waals surface area contributed by atoms with Crippen molar-refractivity contribution in [2.75, 3.05) is 19.7 Å². The molecule has 5 heteroatoms. The fraction of sp³-hybridized carbons (Fsp3) is 0.500. The van der Waals surface area contributed by atoms with Crippen LogP contribution in [0.3, 0.4) is 0 Å². The number of nitrogens with zero attached hydrogens (tertiary/aromatic N) is 1. The van der Waals surface area contributed by atoms with E-state index in [-0.39, 0.29) is 35.4 Å². The second-order valence-corrected chi connectivity index (χ2v) is 5.31. The van der Waals surface area contributed by atoms with E-state index in [0.29, 0.717) is 13.1 Å². The van der Waals surface area contributed by atoms with E-state index in [4.69, 9.17) is 16.7 Å². The van der Waals surface area contributed by atoms with E-state index in [2.05, 4.69) is 0 Å². The lowest BCUT2D eigenvalue weighted by Crippen LogP contribution is -2.41. The summed E-state index contributed by atoms with van der Waals surface area (Å²) in [5.74, 6) is -0.449. The Kier molecular flexibility index (Phi) is 4.77. The Morgan fingerprint density at radius 1 is 1.53 bits per heavy atom. The van der Waals surface area contributed by atoms with Crippen molar-refractivity contribution in [3.05, 3.63) is 34.6 Å². The standard InChI is InChI=1S/C14H17ClFNO2/c15-12-4-1-5-13(16)11(12)7-14(19)17-6-2-3-10(8-17)9-18/h1,4-5,10,18H,2-3,6-9H2. The molecule has 0 saturated carbocycles. The summed E-state index contributed by atoms with van der Waals surface area (Å²) < 4.78 is 13.6. The van der Waals surface area contributed by atoms with Crippen LogP contribution in [0.1, 0.15) is 18.4 Å². The van der Waals surface area contributed by atoms with E-state index < -0.39 is 5.82 Å². The molecule has 1 fully saturated rings. The van der Waals surface area contributed by atoms with Gasteiger partial charge in [0.05, 0.1) is 6.42 Å². The lowest BCUT2D eigenvalue weighted by Gasteiger charge is -2.32. The number of benzene rings is 1. The SMILES string of the molecule is O=C(Cc1c(F)cccc1Cl)N1CCCC(CO)C1. The lowest BCUT2D eigenvalue weighted by atomic mass is 9.98. The van der Waals surface area contributed by atoms with Crippen LogP contribution in [0.5, 0.6) is 0 Å². The van der Waals surface area contributed by atoms with E-state index in [1.165, 1.54) is 12.1 Å². The van der Waals surface area contributed by atoms with Crippen LogP contribution < -0.4 is 0 Å².